The first-order valence-corrected chi connectivity index (χ1v) is 8.69. The highest BCUT2D eigenvalue weighted by Gasteiger charge is 2.14. The molecule has 4 rings (SSSR count). The van der Waals surface area contributed by atoms with Crippen LogP contribution in [0, 0.1) is 5.82 Å². The minimum absolute atomic E-state index is 0.198. The van der Waals surface area contributed by atoms with Gasteiger partial charge in [0.1, 0.15) is 11.6 Å². The number of aromatic nitrogens is 3. The molecular weight excluding hydrogens is 361 g/mol. The lowest BCUT2D eigenvalue weighted by atomic mass is 10.1. The van der Waals surface area contributed by atoms with Crippen molar-refractivity contribution in [2.45, 2.75) is 6.42 Å². The molecule has 0 saturated carbocycles. The highest BCUT2D eigenvalue weighted by Crippen LogP contribution is 2.19. The summed E-state index contributed by atoms with van der Waals surface area (Å²) in [5, 5.41) is 8.43. The molecule has 4 nitrogen and oxygen atoms in total. The Morgan fingerprint density at radius 2 is 1.92 bits per heavy atom. The lowest BCUT2D eigenvalue weighted by Crippen LogP contribution is -2.24. The van der Waals surface area contributed by atoms with Crippen molar-refractivity contribution >= 4 is 34.0 Å². The first-order valence-electron chi connectivity index (χ1n) is 7.50. The van der Waals surface area contributed by atoms with E-state index in [2.05, 4.69) is 10.2 Å². The second-order valence-electron chi connectivity index (χ2n) is 5.45. The smallest absolute Gasteiger partial charge is 0.267 e. The third-order valence-corrected chi connectivity index (χ3v) is 5.08. The van der Waals surface area contributed by atoms with Crippen molar-refractivity contribution in [3.05, 3.63) is 91.2 Å². The molecule has 0 fully saturated rings. The zero-order valence-corrected chi connectivity index (χ0v) is 14.4. The van der Waals surface area contributed by atoms with Crippen molar-refractivity contribution in [3.8, 4) is 0 Å². The van der Waals surface area contributed by atoms with Crippen LogP contribution in [0.5, 0.6) is 0 Å². The number of hydrogen-bond donors (Lipinski definition) is 0. The lowest BCUT2D eigenvalue weighted by Gasteiger charge is -1.98. The van der Waals surface area contributed by atoms with Gasteiger partial charge in [-0.3, -0.25) is 4.79 Å². The molecule has 0 spiro atoms. The molecule has 0 N–H and O–H groups in total. The van der Waals surface area contributed by atoms with Gasteiger partial charge in [0, 0.05) is 12.0 Å². The molecule has 0 atom stereocenters. The SMILES string of the molecule is O=c1c(=Cc2c(F)cccc2Cl)sc2nnc(Cc3ccccc3)n12. The number of halogens is 2. The maximum absolute atomic E-state index is 14.0. The standard InChI is InChI=1S/C18H11ClFN3OS/c19-13-7-4-8-14(20)12(13)10-15-17(24)23-16(21-22-18(23)25-15)9-11-5-2-1-3-6-11/h1-8,10H,9H2. The van der Waals surface area contributed by atoms with Gasteiger partial charge in [-0.2, -0.15) is 0 Å². The van der Waals surface area contributed by atoms with E-state index in [0.717, 1.165) is 16.9 Å². The van der Waals surface area contributed by atoms with E-state index >= 15 is 0 Å². The van der Waals surface area contributed by atoms with Gasteiger partial charge in [0.2, 0.25) is 4.96 Å². The van der Waals surface area contributed by atoms with Crippen LogP contribution in [0.25, 0.3) is 11.0 Å². The summed E-state index contributed by atoms with van der Waals surface area (Å²) in [6, 6.07) is 14.1. The van der Waals surface area contributed by atoms with Gasteiger partial charge in [-0.1, -0.05) is 59.3 Å². The summed E-state index contributed by atoms with van der Waals surface area (Å²) in [4.78, 5) is 13.2. The molecule has 7 heteroatoms. The van der Waals surface area contributed by atoms with Gasteiger partial charge in [-0.05, 0) is 23.8 Å². The zero-order chi connectivity index (χ0) is 17.4. The Balaban J connectivity index is 1.84. The minimum Gasteiger partial charge on any atom is -0.267 e. The van der Waals surface area contributed by atoms with Gasteiger partial charge >= 0.3 is 0 Å². The molecule has 0 aliphatic rings. The molecule has 2 heterocycles. The van der Waals surface area contributed by atoms with Crippen LogP contribution in [-0.4, -0.2) is 14.6 Å². The fourth-order valence-electron chi connectivity index (χ4n) is 2.59. The molecule has 0 radical (unpaired) electrons. The van der Waals surface area contributed by atoms with Crippen molar-refractivity contribution in [3.63, 3.8) is 0 Å². The number of thiazole rings is 1. The maximum atomic E-state index is 14.0. The number of rotatable bonds is 3. The Morgan fingerprint density at radius 3 is 2.68 bits per heavy atom. The normalized spacial score (nSPS) is 12.2. The van der Waals surface area contributed by atoms with Crippen LogP contribution in [0.15, 0.2) is 53.3 Å². The van der Waals surface area contributed by atoms with Gasteiger partial charge < -0.3 is 0 Å². The van der Waals surface area contributed by atoms with Crippen molar-refractivity contribution in [1.29, 1.82) is 0 Å². The van der Waals surface area contributed by atoms with Crippen molar-refractivity contribution in [1.82, 2.24) is 14.6 Å². The first-order chi connectivity index (χ1) is 12.1. The maximum Gasteiger partial charge on any atom is 0.275 e. The summed E-state index contributed by atoms with van der Waals surface area (Å²) in [6.45, 7) is 0. The Morgan fingerprint density at radius 1 is 1.12 bits per heavy atom. The van der Waals surface area contributed by atoms with Crippen molar-refractivity contribution in [2.24, 2.45) is 0 Å². The second-order valence-corrected chi connectivity index (χ2v) is 6.86. The van der Waals surface area contributed by atoms with Crippen LogP contribution >= 0.6 is 22.9 Å². The molecule has 0 aliphatic carbocycles. The molecule has 0 unspecified atom stereocenters. The Hall–Kier alpha value is -2.57. The number of hydrogen-bond acceptors (Lipinski definition) is 4. The summed E-state index contributed by atoms with van der Waals surface area (Å²) in [5.41, 5.74) is 0.962. The summed E-state index contributed by atoms with van der Waals surface area (Å²) in [6.07, 6.45) is 1.96. The quantitative estimate of drug-likeness (QED) is 0.556. The van der Waals surface area contributed by atoms with Crippen molar-refractivity contribution in [2.75, 3.05) is 0 Å². The van der Waals surface area contributed by atoms with Crippen LogP contribution in [-0.2, 0) is 6.42 Å². The highest BCUT2D eigenvalue weighted by atomic mass is 35.5. The zero-order valence-electron chi connectivity index (χ0n) is 12.8. The summed E-state index contributed by atoms with van der Waals surface area (Å²) >= 11 is 7.20. The molecule has 25 heavy (non-hydrogen) atoms. The number of benzene rings is 2. The average molecular weight is 372 g/mol. The van der Waals surface area contributed by atoms with E-state index in [1.165, 1.54) is 22.6 Å². The lowest BCUT2D eigenvalue weighted by molar-refractivity contribution is 0.625. The van der Waals surface area contributed by atoms with Gasteiger partial charge in [0.15, 0.2) is 0 Å². The van der Waals surface area contributed by atoms with E-state index in [0.29, 0.717) is 21.7 Å². The van der Waals surface area contributed by atoms with Gasteiger partial charge in [-0.15, -0.1) is 10.2 Å². The molecule has 0 bridgehead atoms. The monoisotopic (exact) mass is 371 g/mol. The third kappa shape index (κ3) is 2.94. The molecule has 0 aliphatic heterocycles. The van der Waals surface area contributed by atoms with Gasteiger partial charge in [-0.25, -0.2) is 8.79 Å². The van der Waals surface area contributed by atoms with E-state index in [1.807, 2.05) is 30.3 Å². The van der Waals surface area contributed by atoms with Crippen LogP contribution in [0.2, 0.25) is 5.02 Å². The Kier molecular flexibility index (Phi) is 4.07. The van der Waals surface area contributed by atoms with E-state index in [4.69, 9.17) is 11.6 Å². The van der Waals surface area contributed by atoms with Crippen LogP contribution in [0.4, 0.5) is 4.39 Å². The highest BCUT2D eigenvalue weighted by molar-refractivity contribution is 7.15. The van der Waals surface area contributed by atoms with E-state index in [9.17, 15) is 9.18 Å². The third-order valence-electron chi connectivity index (χ3n) is 3.80. The molecule has 4 aromatic rings. The molecule has 124 valence electrons. The molecule has 2 aromatic heterocycles. The molecule has 2 aromatic carbocycles. The molecule has 0 saturated heterocycles. The van der Waals surface area contributed by atoms with Crippen LogP contribution in [0.3, 0.4) is 0 Å². The summed E-state index contributed by atoms with van der Waals surface area (Å²) in [7, 11) is 0. The Bertz CT molecular complexity index is 1150. The topological polar surface area (TPSA) is 47.3 Å². The van der Waals surface area contributed by atoms with Gasteiger partial charge in [0.25, 0.3) is 5.56 Å². The predicted molar refractivity (Wildman–Crippen MR) is 96.6 cm³/mol. The molecular formula is C18H11ClFN3OS. The van der Waals surface area contributed by atoms with E-state index in [-0.39, 0.29) is 16.1 Å². The van der Waals surface area contributed by atoms with Crippen molar-refractivity contribution < 1.29 is 4.39 Å². The first kappa shape index (κ1) is 15.9. The predicted octanol–water partition coefficient (Wildman–Crippen LogP) is 3.08. The number of fused-ring (bicyclic) bond motifs is 1. The second kappa shape index (κ2) is 6.38. The van der Waals surface area contributed by atoms with Gasteiger partial charge in [0.05, 0.1) is 9.55 Å². The largest absolute Gasteiger partial charge is 0.275 e. The average Bonchev–Trinajstić information content (AvgIpc) is 3.13. The fourth-order valence-corrected chi connectivity index (χ4v) is 3.72. The van der Waals surface area contributed by atoms with Crippen LogP contribution < -0.4 is 10.1 Å². The molecule has 0 amide bonds. The van der Waals surface area contributed by atoms with E-state index < -0.39 is 5.82 Å². The van der Waals surface area contributed by atoms with Crippen LogP contribution in [0.1, 0.15) is 17.0 Å². The Labute approximate surface area is 150 Å². The van der Waals surface area contributed by atoms with E-state index in [1.54, 1.807) is 6.07 Å². The minimum atomic E-state index is -0.472. The fraction of sp³-hybridized carbons (Fsp3) is 0.0556. The number of nitrogens with zero attached hydrogens (tertiary/aromatic N) is 3. The summed E-state index contributed by atoms with van der Waals surface area (Å²) < 4.78 is 15.8. The summed E-state index contributed by atoms with van der Waals surface area (Å²) in [5.74, 6) is 0.0855.